The summed E-state index contributed by atoms with van der Waals surface area (Å²) >= 11 is 0.913. The molecule has 0 saturated carbocycles. The van der Waals surface area contributed by atoms with Gasteiger partial charge in [0.1, 0.15) is 33.9 Å². The van der Waals surface area contributed by atoms with Gasteiger partial charge >= 0.3 is 11.9 Å². The fourth-order valence-electron chi connectivity index (χ4n) is 4.32. The van der Waals surface area contributed by atoms with Crippen LogP contribution in [0.4, 0.5) is 5.13 Å². The molecule has 2 aromatic carbocycles. The fourth-order valence-corrected chi connectivity index (χ4v) is 5.33. The molecule has 0 radical (unpaired) electrons. The number of rotatable bonds is 7. The van der Waals surface area contributed by atoms with Gasteiger partial charge in [0, 0.05) is 17.2 Å². The van der Waals surface area contributed by atoms with E-state index in [1.54, 1.807) is 50.2 Å². The lowest BCUT2D eigenvalue weighted by Gasteiger charge is -2.25. The molecule has 0 aliphatic carbocycles. The molecule has 0 unspecified atom stereocenters. The third kappa shape index (κ3) is 4.45. The van der Waals surface area contributed by atoms with Crippen LogP contribution in [0.3, 0.4) is 0 Å². The minimum atomic E-state index is -1.12. The van der Waals surface area contributed by atoms with Crippen molar-refractivity contribution in [1.29, 1.82) is 0 Å². The topological polar surface area (TPSA) is 124 Å². The molecular formula is C27H26N2O8S. The summed E-state index contributed by atoms with van der Waals surface area (Å²) in [5.41, 5.74) is 1.64. The van der Waals surface area contributed by atoms with E-state index in [9.17, 15) is 19.5 Å². The third-order valence-electron chi connectivity index (χ3n) is 6.21. The molecule has 10 nitrogen and oxygen atoms in total. The second kappa shape index (κ2) is 10.5. The number of aryl methyl sites for hydroxylation is 2. The summed E-state index contributed by atoms with van der Waals surface area (Å²) < 4.78 is 21.0. The normalized spacial score (nSPS) is 16.5. The van der Waals surface area contributed by atoms with Gasteiger partial charge in [-0.3, -0.25) is 14.5 Å². The maximum Gasteiger partial charge on any atom is 0.350 e. The van der Waals surface area contributed by atoms with E-state index in [1.807, 2.05) is 0 Å². The summed E-state index contributed by atoms with van der Waals surface area (Å²) in [4.78, 5) is 45.0. The molecule has 1 aliphatic heterocycles. The van der Waals surface area contributed by atoms with Gasteiger partial charge in [0.25, 0.3) is 5.78 Å². The van der Waals surface area contributed by atoms with Gasteiger partial charge in [-0.2, -0.15) is 0 Å². The zero-order chi connectivity index (χ0) is 27.7. The molecule has 198 valence electrons. The van der Waals surface area contributed by atoms with E-state index in [0.29, 0.717) is 34.1 Å². The van der Waals surface area contributed by atoms with Gasteiger partial charge < -0.3 is 24.1 Å². The van der Waals surface area contributed by atoms with E-state index < -0.39 is 23.7 Å². The summed E-state index contributed by atoms with van der Waals surface area (Å²) in [6.45, 7) is 3.40. The molecule has 3 aromatic rings. The average molecular weight is 539 g/mol. The Bertz CT molecular complexity index is 1480. The molecule has 1 fully saturated rings. The molecule has 1 aliphatic rings. The number of aromatic nitrogens is 1. The third-order valence-corrected chi connectivity index (χ3v) is 7.35. The Morgan fingerprint density at radius 3 is 2.29 bits per heavy atom. The van der Waals surface area contributed by atoms with E-state index in [2.05, 4.69) is 4.98 Å². The molecule has 38 heavy (non-hydrogen) atoms. The Morgan fingerprint density at radius 2 is 1.68 bits per heavy atom. The van der Waals surface area contributed by atoms with Gasteiger partial charge in [-0.1, -0.05) is 11.3 Å². The number of carbonyl (C=O) groups is 3. The Morgan fingerprint density at radius 1 is 0.974 bits per heavy atom. The van der Waals surface area contributed by atoms with Gasteiger partial charge in [-0.05, 0) is 49.7 Å². The Labute approximate surface area is 223 Å². The number of amides is 1. The highest BCUT2D eigenvalue weighted by molar-refractivity contribution is 7.17. The summed E-state index contributed by atoms with van der Waals surface area (Å²) in [6.07, 6.45) is 0. The number of aliphatic hydroxyl groups is 1. The predicted molar refractivity (Wildman–Crippen MR) is 140 cm³/mol. The average Bonchev–Trinajstić information content (AvgIpc) is 3.43. The lowest BCUT2D eigenvalue weighted by atomic mass is 9.94. The van der Waals surface area contributed by atoms with E-state index in [4.69, 9.17) is 18.9 Å². The van der Waals surface area contributed by atoms with Crippen molar-refractivity contribution in [3.8, 4) is 17.2 Å². The second-order valence-corrected chi connectivity index (χ2v) is 9.34. The number of anilines is 1. The number of aliphatic hydroxyl groups excluding tert-OH is 1. The predicted octanol–water partition coefficient (Wildman–Crippen LogP) is 4.20. The summed E-state index contributed by atoms with van der Waals surface area (Å²) in [7, 11) is 5.72. The van der Waals surface area contributed by atoms with Crippen LogP contribution >= 0.6 is 11.3 Å². The molecule has 1 saturated heterocycles. The Hall–Kier alpha value is -4.38. The van der Waals surface area contributed by atoms with Crippen LogP contribution in [-0.4, -0.2) is 56.2 Å². The monoisotopic (exact) mass is 538 g/mol. The summed E-state index contributed by atoms with van der Waals surface area (Å²) in [5.74, 6) is -1.40. The zero-order valence-electron chi connectivity index (χ0n) is 21.6. The molecule has 1 amide bonds. The lowest BCUT2D eigenvalue weighted by Crippen LogP contribution is -2.29. The molecule has 1 atom stereocenters. The van der Waals surface area contributed by atoms with Crippen molar-refractivity contribution < 1.29 is 38.4 Å². The Kier molecular flexibility index (Phi) is 7.40. The first-order chi connectivity index (χ1) is 18.2. The minimum absolute atomic E-state index is 0.0952. The van der Waals surface area contributed by atoms with Crippen LogP contribution in [-0.2, 0) is 14.3 Å². The SMILES string of the molecule is COC(=O)c1sc(N2C(=O)C(=O)/C(=C(/O)c3ccc(OC)c(C)c3)[C@H]2c2ccc(OC)cc2OC)nc1C. The molecule has 11 heteroatoms. The van der Waals surface area contributed by atoms with Crippen molar-refractivity contribution >= 4 is 39.9 Å². The van der Waals surface area contributed by atoms with Crippen LogP contribution < -0.4 is 19.1 Å². The van der Waals surface area contributed by atoms with Gasteiger partial charge in [-0.15, -0.1) is 0 Å². The van der Waals surface area contributed by atoms with Crippen LogP contribution in [0.1, 0.15) is 38.1 Å². The van der Waals surface area contributed by atoms with Crippen molar-refractivity contribution in [3.63, 3.8) is 0 Å². The number of thiazole rings is 1. The molecule has 0 spiro atoms. The van der Waals surface area contributed by atoms with Gasteiger partial charge in [-0.25, -0.2) is 9.78 Å². The van der Waals surface area contributed by atoms with Gasteiger partial charge in [0.2, 0.25) is 0 Å². The number of Topliss-reactive ketones (excluding diaryl/α,β-unsaturated/α-hetero) is 1. The van der Waals surface area contributed by atoms with Crippen LogP contribution in [0.2, 0.25) is 0 Å². The number of benzene rings is 2. The number of methoxy groups -OCH3 is 4. The highest BCUT2D eigenvalue weighted by Crippen LogP contribution is 2.47. The molecule has 4 rings (SSSR count). The Balaban J connectivity index is 1.99. The van der Waals surface area contributed by atoms with Crippen LogP contribution in [0.5, 0.6) is 17.2 Å². The van der Waals surface area contributed by atoms with E-state index in [1.165, 1.54) is 33.3 Å². The number of hydrogen-bond acceptors (Lipinski definition) is 10. The maximum atomic E-state index is 13.5. The molecular weight excluding hydrogens is 512 g/mol. The van der Waals surface area contributed by atoms with Crippen molar-refractivity contribution in [2.75, 3.05) is 33.3 Å². The maximum absolute atomic E-state index is 13.5. The molecule has 0 bridgehead atoms. The molecule has 1 N–H and O–H groups in total. The fraction of sp³-hybridized carbons (Fsp3) is 0.259. The number of ether oxygens (including phenoxy) is 4. The highest BCUT2D eigenvalue weighted by atomic mass is 32.1. The van der Waals surface area contributed by atoms with Crippen molar-refractivity contribution in [3.05, 3.63) is 69.2 Å². The van der Waals surface area contributed by atoms with E-state index in [0.717, 1.165) is 16.9 Å². The zero-order valence-corrected chi connectivity index (χ0v) is 22.5. The lowest BCUT2D eigenvalue weighted by molar-refractivity contribution is -0.132. The van der Waals surface area contributed by atoms with Crippen molar-refractivity contribution in [2.45, 2.75) is 19.9 Å². The largest absolute Gasteiger partial charge is 0.507 e. The van der Waals surface area contributed by atoms with Crippen molar-refractivity contribution in [1.82, 2.24) is 4.98 Å². The smallest absolute Gasteiger partial charge is 0.350 e. The van der Waals surface area contributed by atoms with Crippen LogP contribution in [0, 0.1) is 13.8 Å². The first-order valence-corrected chi connectivity index (χ1v) is 12.2. The van der Waals surface area contributed by atoms with Gasteiger partial charge in [0.15, 0.2) is 5.13 Å². The molecule has 2 heterocycles. The second-order valence-electron chi connectivity index (χ2n) is 8.36. The number of carbonyl (C=O) groups excluding carboxylic acids is 3. The number of nitrogens with zero attached hydrogens (tertiary/aromatic N) is 2. The number of hydrogen-bond donors (Lipinski definition) is 1. The van der Waals surface area contributed by atoms with Crippen LogP contribution in [0.15, 0.2) is 42.0 Å². The summed E-state index contributed by atoms with van der Waals surface area (Å²) in [6, 6.07) is 8.72. The summed E-state index contributed by atoms with van der Waals surface area (Å²) in [5, 5.41) is 11.5. The highest BCUT2D eigenvalue weighted by Gasteiger charge is 2.49. The number of ketones is 1. The number of esters is 1. The standard InChI is InChI=1S/C27H26N2O8S/c1-13-11-15(7-10-18(13)35-4)22(30)20-21(17-9-8-16(34-3)12-19(17)36-5)29(25(32)23(20)31)27-28-14(2)24(38-27)26(33)37-6/h7-12,21,30H,1-6H3/b22-20+/t21-/m1/s1. The first-order valence-electron chi connectivity index (χ1n) is 11.4. The molecule has 1 aromatic heterocycles. The minimum Gasteiger partial charge on any atom is -0.507 e. The quantitative estimate of drug-likeness (QED) is 0.204. The van der Waals surface area contributed by atoms with Gasteiger partial charge in [0.05, 0.1) is 39.7 Å². The first kappa shape index (κ1) is 26.7. The van der Waals surface area contributed by atoms with Crippen LogP contribution in [0.25, 0.3) is 5.76 Å². The van der Waals surface area contributed by atoms with E-state index >= 15 is 0 Å². The van der Waals surface area contributed by atoms with Crippen molar-refractivity contribution in [2.24, 2.45) is 0 Å². The van der Waals surface area contributed by atoms with E-state index in [-0.39, 0.29) is 21.3 Å².